The van der Waals surface area contributed by atoms with Gasteiger partial charge in [0.1, 0.15) is 0 Å². The standard InChI is InChI=1S/C26H33NO3/c1-18(2)30-25-16-21-15-22(26(28)23(21)17-24(25)29-3)20-9-7-19(8-10-20)11-14-27-12-5-4-6-13-27/h7-10,16-18,22H,4-6,11-15H2,1-3H3. The number of carbonyl (C=O) groups is 1. The molecule has 4 rings (SSSR count). The molecule has 1 aliphatic heterocycles. The molecule has 1 saturated heterocycles. The molecule has 0 N–H and O–H groups in total. The number of methoxy groups -OCH3 is 1. The van der Waals surface area contributed by atoms with E-state index in [4.69, 9.17) is 9.47 Å². The van der Waals surface area contributed by atoms with Crippen LogP contribution in [0.4, 0.5) is 0 Å². The van der Waals surface area contributed by atoms with Crippen LogP contribution in [0.3, 0.4) is 0 Å². The van der Waals surface area contributed by atoms with Gasteiger partial charge in [0, 0.05) is 12.1 Å². The zero-order chi connectivity index (χ0) is 21.1. The van der Waals surface area contributed by atoms with Gasteiger partial charge in [0.15, 0.2) is 17.3 Å². The highest BCUT2D eigenvalue weighted by atomic mass is 16.5. The molecule has 4 nitrogen and oxygen atoms in total. The highest BCUT2D eigenvalue weighted by Crippen LogP contribution is 2.40. The van der Waals surface area contributed by atoms with Crippen molar-refractivity contribution in [3.8, 4) is 11.5 Å². The monoisotopic (exact) mass is 407 g/mol. The fourth-order valence-corrected chi connectivity index (χ4v) is 4.66. The second-order valence-corrected chi connectivity index (χ2v) is 8.84. The Labute approximate surface area is 180 Å². The van der Waals surface area contributed by atoms with Crippen molar-refractivity contribution in [3.63, 3.8) is 0 Å². The number of ketones is 1. The number of likely N-dealkylation sites (tertiary alicyclic amines) is 1. The van der Waals surface area contributed by atoms with Crippen molar-refractivity contribution in [2.75, 3.05) is 26.7 Å². The third-order valence-corrected chi connectivity index (χ3v) is 6.31. The van der Waals surface area contributed by atoms with Gasteiger partial charge in [0.25, 0.3) is 0 Å². The predicted octanol–water partition coefficient (Wildman–Crippen LogP) is 5.03. The zero-order valence-electron chi connectivity index (χ0n) is 18.4. The van der Waals surface area contributed by atoms with Gasteiger partial charge in [0.2, 0.25) is 0 Å². The van der Waals surface area contributed by atoms with Gasteiger partial charge in [-0.25, -0.2) is 0 Å². The third-order valence-electron chi connectivity index (χ3n) is 6.31. The van der Waals surface area contributed by atoms with Crippen LogP contribution in [-0.4, -0.2) is 43.5 Å². The summed E-state index contributed by atoms with van der Waals surface area (Å²) in [5.74, 6) is 1.41. The maximum Gasteiger partial charge on any atom is 0.171 e. The summed E-state index contributed by atoms with van der Waals surface area (Å²) in [6.45, 7) is 7.59. The Morgan fingerprint density at radius 2 is 1.77 bits per heavy atom. The second kappa shape index (κ2) is 9.22. The van der Waals surface area contributed by atoms with Crippen LogP contribution in [-0.2, 0) is 12.8 Å². The molecule has 160 valence electrons. The molecule has 0 amide bonds. The van der Waals surface area contributed by atoms with E-state index in [1.165, 1.54) is 37.9 Å². The summed E-state index contributed by atoms with van der Waals surface area (Å²) in [6, 6.07) is 12.5. The number of fused-ring (bicyclic) bond motifs is 1. The van der Waals surface area contributed by atoms with Crippen LogP contribution >= 0.6 is 0 Å². The molecule has 2 aromatic carbocycles. The number of hydrogen-bond acceptors (Lipinski definition) is 4. The molecule has 1 heterocycles. The normalized spacial score (nSPS) is 19.2. The molecule has 0 bridgehead atoms. The van der Waals surface area contributed by atoms with Crippen molar-refractivity contribution < 1.29 is 14.3 Å². The summed E-state index contributed by atoms with van der Waals surface area (Å²) < 4.78 is 11.4. The van der Waals surface area contributed by atoms with Crippen LogP contribution in [0.25, 0.3) is 0 Å². The maximum atomic E-state index is 13.1. The number of benzene rings is 2. The fraction of sp³-hybridized carbons (Fsp3) is 0.500. The number of Topliss-reactive ketones (excluding diaryl/α,β-unsaturated/α-hetero) is 1. The van der Waals surface area contributed by atoms with Crippen molar-refractivity contribution in [2.45, 2.75) is 58.0 Å². The SMILES string of the molecule is COc1cc2c(cc1OC(C)C)CC(c1ccc(CCN3CCCCC3)cc1)C2=O. The Hall–Kier alpha value is -2.33. The average Bonchev–Trinajstić information content (AvgIpc) is 3.08. The maximum absolute atomic E-state index is 13.1. The number of ether oxygens (including phenoxy) is 2. The summed E-state index contributed by atoms with van der Waals surface area (Å²) in [5, 5.41) is 0. The van der Waals surface area contributed by atoms with Crippen molar-refractivity contribution >= 4 is 5.78 Å². The minimum Gasteiger partial charge on any atom is -0.493 e. The van der Waals surface area contributed by atoms with Crippen LogP contribution in [0.1, 0.15) is 66.1 Å². The molecule has 0 aromatic heterocycles. The lowest BCUT2D eigenvalue weighted by Gasteiger charge is -2.26. The molecule has 0 radical (unpaired) electrons. The van der Waals surface area contributed by atoms with Crippen LogP contribution in [0.2, 0.25) is 0 Å². The summed E-state index contributed by atoms with van der Waals surface area (Å²) in [5.41, 5.74) is 4.27. The van der Waals surface area contributed by atoms with E-state index >= 15 is 0 Å². The highest BCUT2D eigenvalue weighted by molar-refractivity contribution is 6.05. The van der Waals surface area contributed by atoms with Crippen LogP contribution in [0.5, 0.6) is 11.5 Å². The lowest BCUT2D eigenvalue weighted by Crippen LogP contribution is -2.31. The Balaban J connectivity index is 1.45. The zero-order valence-corrected chi connectivity index (χ0v) is 18.4. The van der Waals surface area contributed by atoms with E-state index in [0.29, 0.717) is 11.5 Å². The van der Waals surface area contributed by atoms with Crippen LogP contribution in [0, 0.1) is 0 Å². The number of piperidine rings is 1. The summed E-state index contributed by atoms with van der Waals surface area (Å²) in [7, 11) is 1.62. The van der Waals surface area contributed by atoms with Crippen LogP contribution in [0.15, 0.2) is 36.4 Å². The van der Waals surface area contributed by atoms with E-state index in [1.54, 1.807) is 7.11 Å². The Morgan fingerprint density at radius 3 is 2.43 bits per heavy atom. The molecule has 30 heavy (non-hydrogen) atoms. The van der Waals surface area contributed by atoms with Crippen LogP contribution < -0.4 is 9.47 Å². The van der Waals surface area contributed by atoms with Gasteiger partial charge in [-0.15, -0.1) is 0 Å². The number of rotatable bonds is 7. The van der Waals surface area contributed by atoms with Gasteiger partial charge < -0.3 is 14.4 Å². The summed E-state index contributed by atoms with van der Waals surface area (Å²) in [6.07, 6.45) is 5.89. The fourth-order valence-electron chi connectivity index (χ4n) is 4.66. The number of nitrogens with zero attached hydrogens (tertiary/aromatic N) is 1. The topological polar surface area (TPSA) is 38.8 Å². The van der Waals surface area contributed by atoms with E-state index in [0.717, 1.165) is 36.1 Å². The highest BCUT2D eigenvalue weighted by Gasteiger charge is 2.33. The Bertz CT molecular complexity index is 882. The van der Waals surface area contributed by atoms with Gasteiger partial charge >= 0.3 is 0 Å². The second-order valence-electron chi connectivity index (χ2n) is 8.84. The summed E-state index contributed by atoms with van der Waals surface area (Å²) in [4.78, 5) is 15.7. The molecule has 1 atom stereocenters. The van der Waals surface area contributed by atoms with Gasteiger partial charge in [0.05, 0.1) is 19.1 Å². The van der Waals surface area contributed by atoms with Crippen molar-refractivity contribution in [3.05, 3.63) is 58.7 Å². The first kappa shape index (κ1) is 20.9. The van der Waals surface area contributed by atoms with Gasteiger partial charge in [-0.1, -0.05) is 30.7 Å². The lowest BCUT2D eigenvalue weighted by molar-refractivity contribution is 0.0972. The first-order chi connectivity index (χ1) is 14.5. The predicted molar refractivity (Wildman–Crippen MR) is 120 cm³/mol. The summed E-state index contributed by atoms with van der Waals surface area (Å²) >= 11 is 0. The smallest absolute Gasteiger partial charge is 0.171 e. The van der Waals surface area contributed by atoms with Crippen molar-refractivity contribution in [1.29, 1.82) is 0 Å². The Kier molecular flexibility index (Phi) is 6.43. The molecular weight excluding hydrogens is 374 g/mol. The van der Waals surface area contributed by atoms with Gasteiger partial charge in [-0.3, -0.25) is 4.79 Å². The van der Waals surface area contributed by atoms with E-state index in [2.05, 4.69) is 29.2 Å². The number of carbonyl (C=O) groups excluding carboxylic acids is 1. The molecular formula is C26H33NO3. The van der Waals surface area contributed by atoms with E-state index < -0.39 is 0 Å². The van der Waals surface area contributed by atoms with Crippen molar-refractivity contribution in [1.82, 2.24) is 4.90 Å². The minimum absolute atomic E-state index is 0.0577. The van der Waals surface area contributed by atoms with E-state index in [9.17, 15) is 4.79 Å². The quantitative estimate of drug-likeness (QED) is 0.645. The van der Waals surface area contributed by atoms with Crippen molar-refractivity contribution in [2.24, 2.45) is 0 Å². The van der Waals surface area contributed by atoms with Gasteiger partial charge in [-0.05, 0) is 81.4 Å². The first-order valence-electron chi connectivity index (χ1n) is 11.3. The van der Waals surface area contributed by atoms with Gasteiger partial charge in [-0.2, -0.15) is 0 Å². The molecule has 4 heteroatoms. The molecule has 1 aliphatic carbocycles. The van der Waals surface area contributed by atoms with E-state index in [1.807, 2.05) is 26.0 Å². The Morgan fingerprint density at radius 1 is 1.03 bits per heavy atom. The molecule has 0 saturated carbocycles. The largest absolute Gasteiger partial charge is 0.493 e. The molecule has 1 fully saturated rings. The lowest BCUT2D eigenvalue weighted by atomic mass is 9.94. The minimum atomic E-state index is -0.116. The average molecular weight is 408 g/mol. The third kappa shape index (κ3) is 4.54. The van der Waals surface area contributed by atoms with E-state index in [-0.39, 0.29) is 17.8 Å². The molecule has 1 unspecified atom stereocenters. The first-order valence-corrected chi connectivity index (χ1v) is 11.3. The molecule has 0 spiro atoms. The number of hydrogen-bond donors (Lipinski definition) is 0. The molecule has 2 aliphatic rings. The molecule has 2 aromatic rings.